The van der Waals surface area contributed by atoms with Gasteiger partial charge in [0.25, 0.3) is 10.0 Å². The first kappa shape index (κ1) is 23.6. The second-order valence-corrected chi connectivity index (χ2v) is 11.4. The van der Waals surface area contributed by atoms with E-state index in [1.165, 1.54) is 18.5 Å². The number of nitrogens with zero attached hydrogens (tertiary/aromatic N) is 1. The first-order chi connectivity index (χ1) is 16.6. The Labute approximate surface area is 204 Å². The van der Waals surface area contributed by atoms with Crippen LogP contribution in [-0.4, -0.2) is 51.0 Å². The molecule has 0 bridgehead atoms. The third-order valence-corrected chi connectivity index (χ3v) is 9.40. The Morgan fingerprint density at radius 3 is 2.23 bits per heavy atom. The molecule has 1 saturated carbocycles. The normalized spacial score (nSPS) is 28.5. The zero-order valence-electron chi connectivity index (χ0n) is 19.9. The summed E-state index contributed by atoms with van der Waals surface area (Å²) < 4.78 is 44.7. The number of aryl methyl sites for hydroxylation is 1. The van der Waals surface area contributed by atoms with E-state index in [4.69, 9.17) is 14.2 Å². The van der Waals surface area contributed by atoms with E-state index in [2.05, 4.69) is 0 Å². The minimum absolute atomic E-state index is 0.0424. The van der Waals surface area contributed by atoms with Gasteiger partial charge in [0.15, 0.2) is 5.92 Å². The molecule has 1 fully saturated rings. The number of esters is 2. The Balaban J connectivity index is 1.58. The van der Waals surface area contributed by atoms with Crippen LogP contribution in [0, 0.1) is 18.3 Å². The minimum atomic E-state index is -3.84. The van der Waals surface area contributed by atoms with Gasteiger partial charge in [-0.2, -0.15) is 0 Å². The van der Waals surface area contributed by atoms with E-state index in [0.717, 1.165) is 11.1 Å². The molecular formula is C26H27NO7S. The SMILES string of the molecule is COC(=O)C(C(=O)OC)C1OC23CN(S(=O)(=O)c4ccc(C)cc4)C=CC2(C)C3c2ccccc21. The van der Waals surface area contributed by atoms with Gasteiger partial charge in [-0.05, 0) is 30.2 Å². The predicted octanol–water partition coefficient (Wildman–Crippen LogP) is 3.09. The van der Waals surface area contributed by atoms with E-state index in [9.17, 15) is 18.0 Å². The lowest BCUT2D eigenvalue weighted by molar-refractivity contribution is -0.173. The van der Waals surface area contributed by atoms with Gasteiger partial charge in [0.1, 0.15) is 11.7 Å². The van der Waals surface area contributed by atoms with Gasteiger partial charge >= 0.3 is 11.9 Å². The Morgan fingerprint density at radius 2 is 1.63 bits per heavy atom. The van der Waals surface area contributed by atoms with Crippen molar-refractivity contribution < 1.29 is 32.2 Å². The number of carbonyl (C=O) groups excluding carboxylic acids is 2. The molecule has 2 aromatic carbocycles. The number of fused-ring (bicyclic) bond motifs is 3. The van der Waals surface area contributed by atoms with E-state index in [-0.39, 0.29) is 17.4 Å². The zero-order valence-corrected chi connectivity index (χ0v) is 20.7. The van der Waals surface area contributed by atoms with Crippen molar-refractivity contribution in [1.29, 1.82) is 0 Å². The van der Waals surface area contributed by atoms with Crippen LogP contribution in [-0.2, 0) is 33.8 Å². The third kappa shape index (κ3) is 3.25. The Bertz CT molecular complexity index is 1320. The summed E-state index contributed by atoms with van der Waals surface area (Å²) in [7, 11) is -1.44. The van der Waals surface area contributed by atoms with Crippen LogP contribution in [0.2, 0.25) is 0 Å². The number of sulfonamides is 1. The molecule has 0 N–H and O–H groups in total. The largest absolute Gasteiger partial charge is 0.468 e. The van der Waals surface area contributed by atoms with Gasteiger partial charge < -0.3 is 14.2 Å². The van der Waals surface area contributed by atoms with E-state index < -0.39 is 45.0 Å². The molecule has 0 radical (unpaired) electrons. The highest BCUT2D eigenvalue weighted by atomic mass is 32.2. The first-order valence-electron chi connectivity index (χ1n) is 11.3. The van der Waals surface area contributed by atoms with Crippen molar-refractivity contribution in [3.63, 3.8) is 0 Å². The maximum Gasteiger partial charge on any atom is 0.323 e. The minimum Gasteiger partial charge on any atom is -0.468 e. The predicted molar refractivity (Wildman–Crippen MR) is 126 cm³/mol. The summed E-state index contributed by atoms with van der Waals surface area (Å²) >= 11 is 0. The van der Waals surface area contributed by atoms with Crippen LogP contribution in [0.5, 0.6) is 0 Å². The number of methoxy groups -OCH3 is 2. The summed E-state index contributed by atoms with van der Waals surface area (Å²) in [6, 6.07) is 14.1. The zero-order chi connectivity index (χ0) is 25.2. The quantitative estimate of drug-likeness (QED) is 0.462. The summed E-state index contributed by atoms with van der Waals surface area (Å²) in [5.41, 5.74) is 1.09. The van der Waals surface area contributed by atoms with Crippen molar-refractivity contribution >= 4 is 22.0 Å². The number of benzene rings is 2. The molecule has 184 valence electrons. The number of hydrogen-bond donors (Lipinski definition) is 0. The number of rotatable bonds is 5. The molecule has 1 aliphatic carbocycles. The van der Waals surface area contributed by atoms with Gasteiger partial charge in [0, 0.05) is 17.5 Å². The lowest BCUT2D eigenvalue weighted by Crippen LogP contribution is -2.46. The molecule has 9 heteroatoms. The Morgan fingerprint density at radius 1 is 1.03 bits per heavy atom. The molecule has 5 rings (SSSR count). The molecule has 0 saturated heterocycles. The molecule has 35 heavy (non-hydrogen) atoms. The Hall–Kier alpha value is -3.17. The monoisotopic (exact) mass is 497 g/mol. The molecule has 0 amide bonds. The third-order valence-electron chi connectivity index (χ3n) is 7.66. The highest BCUT2D eigenvalue weighted by Gasteiger charge is 2.79. The van der Waals surface area contributed by atoms with Crippen LogP contribution in [0.1, 0.15) is 35.6 Å². The standard InChI is InChI=1S/C26H27NO7S/c1-16-9-11-17(12-10-16)35(30,31)27-14-13-25(2)22-19-8-6-5-7-18(19)21(34-26(22,25)15-27)20(23(28)32-3)24(29)33-4/h5-14,20-22H,15H2,1-4H3. The highest BCUT2D eigenvalue weighted by Crippen LogP contribution is 2.76. The van der Waals surface area contributed by atoms with E-state index in [0.29, 0.717) is 5.56 Å². The highest BCUT2D eigenvalue weighted by molar-refractivity contribution is 7.89. The van der Waals surface area contributed by atoms with Crippen LogP contribution in [0.15, 0.2) is 65.7 Å². The Kier molecular flexibility index (Phi) is 5.34. The fourth-order valence-electron chi connectivity index (χ4n) is 5.69. The first-order valence-corrected chi connectivity index (χ1v) is 12.7. The molecule has 0 aromatic heterocycles. The molecule has 4 atom stereocenters. The lowest BCUT2D eigenvalue weighted by Gasteiger charge is -2.38. The van der Waals surface area contributed by atoms with Crippen molar-refractivity contribution in [3.05, 3.63) is 77.5 Å². The van der Waals surface area contributed by atoms with Gasteiger partial charge in [0.05, 0.1) is 25.7 Å². The molecule has 3 aliphatic rings. The molecule has 1 spiro atoms. The van der Waals surface area contributed by atoms with Crippen LogP contribution in [0.3, 0.4) is 0 Å². The van der Waals surface area contributed by atoms with Crippen molar-refractivity contribution in [2.45, 2.75) is 36.4 Å². The fraction of sp³-hybridized carbons (Fsp3) is 0.385. The van der Waals surface area contributed by atoms with E-state index in [1.54, 1.807) is 30.5 Å². The van der Waals surface area contributed by atoms with Gasteiger partial charge in [-0.25, -0.2) is 8.42 Å². The average Bonchev–Trinajstić information content (AvgIpc) is 3.43. The van der Waals surface area contributed by atoms with E-state index in [1.807, 2.05) is 44.2 Å². The maximum absolute atomic E-state index is 13.5. The summed E-state index contributed by atoms with van der Waals surface area (Å²) in [6.45, 7) is 3.94. The molecule has 2 aliphatic heterocycles. The van der Waals surface area contributed by atoms with Gasteiger partial charge in [-0.15, -0.1) is 0 Å². The topological polar surface area (TPSA) is 99.2 Å². The van der Waals surface area contributed by atoms with Gasteiger partial charge in [-0.1, -0.05) is 55.0 Å². The summed E-state index contributed by atoms with van der Waals surface area (Å²) in [4.78, 5) is 25.6. The van der Waals surface area contributed by atoms with Crippen LogP contribution < -0.4 is 0 Å². The number of ether oxygens (including phenoxy) is 3. The van der Waals surface area contributed by atoms with Crippen LogP contribution in [0.4, 0.5) is 0 Å². The second-order valence-electron chi connectivity index (χ2n) is 9.48. The van der Waals surface area contributed by atoms with E-state index >= 15 is 0 Å². The molecule has 4 unspecified atom stereocenters. The fourth-order valence-corrected chi connectivity index (χ4v) is 7.02. The van der Waals surface area contributed by atoms with Crippen molar-refractivity contribution in [2.24, 2.45) is 11.3 Å². The van der Waals surface area contributed by atoms with Crippen molar-refractivity contribution in [1.82, 2.24) is 4.31 Å². The second kappa shape index (κ2) is 7.93. The van der Waals surface area contributed by atoms with Crippen molar-refractivity contribution in [3.8, 4) is 0 Å². The molecule has 2 heterocycles. The van der Waals surface area contributed by atoms with Crippen LogP contribution >= 0.6 is 0 Å². The van der Waals surface area contributed by atoms with Gasteiger partial charge in [0.2, 0.25) is 0 Å². The smallest absolute Gasteiger partial charge is 0.323 e. The molecular weight excluding hydrogens is 470 g/mol. The number of carbonyl (C=O) groups is 2. The summed E-state index contributed by atoms with van der Waals surface area (Å²) in [6.07, 6.45) is 2.47. The molecule has 8 nitrogen and oxygen atoms in total. The maximum atomic E-state index is 13.5. The van der Waals surface area contributed by atoms with Crippen LogP contribution in [0.25, 0.3) is 0 Å². The van der Waals surface area contributed by atoms with Crippen molar-refractivity contribution in [2.75, 3.05) is 20.8 Å². The van der Waals surface area contributed by atoms with Gasteiger partial charge in [-0.3, -0.25) is 13.9 Å². The number of hydrogen-bond acceptors (Lipinski definition) is 7. The lowest BCUT2D eigenvalue weighted by atomic mass is 9.87. The summed E-state index contributed by atoms with van der Waals surface area (Å²) in [5, 5.41) is 0. The average molecular weight is 498 g/mol. The summed E-state index contributed by atoms with van der Waals surface area (Å²) in [5.74, 6) is -3.04. The molecule has 2 aromatic rings.